The minimum absolute atomic E-state index is 0.341. The van der Waals surface area contributed by atoms with Crippen LogP contribution >= 0.6 is 0 Å². The van der Waals surface area contributed by atoms with Gasteiger partial charge in [-0.25, -0.2) is 4.58 Å². The molecule has 0 radical (unpaired) electrons. The van der Waals surface area contributed by atoms with Gasteiger partial charge in [0.1, 0.15) is 5.75 Å². The van der Waals surface area contributed by atoms with E-state index in [0.29, 0.717) is 5.75 Å². The maximum absolute atomic E-state index is 9.73. The Morgan fingerprint density at radius 1 is 1.00 bits per heavy atom. The van der Waals surface area contributed by atoms with Gasteiger partial charge in [-0.05, 0) is 12.1 Å². The van der Waals surface area contributed by atoms with Crippen molar-refractivity contribution in [3.8, 4) is 5.75 Å². The molecule has 0 spiro atoms. The Hall–Kier alpha value is -1.39. The maximum atomic E-state index is 9.73. The monoisotopic (exact) mass is 234 g/mol. The first kappa shape index (κ1) is 12.1. The summed E-state index contributed by atoms with van der Waals surface area (Å²) in [6.07, 6.45) is 2.03. The molecule has 0 saturated carbocycles. The molecule has 4 nitrogen and oxygen atoms in total. The van der Waals surface area contributed by atoms with E-state index < -0.39 is 0 Å². The Balaban J connectivity index is 2.10. The average Bonchev–Trinajstić information content (AvgIpc) is 2.46. The van der Waals surface area contributed by atoms with E-state index in [1.54, 1.807) is 6.07 Å². The van der Waals surface area contributed by atoms with E-state index in [9.17, 15) is 5.11 Å². The second kappa shape index (κ2) is 6.37. The summed E-state index contributed by atoms with van der Waals surface area (Å²) in [4.78, 5) is 0. The molecule has 1 heterocycles. The Morgan fingerprint density at radius 2 is 1.65 bits per heavy atom. The van der Waals surface area contributed by atoms with E-state index >= 15 is 0 Å². The second-order valence-electron chi connectivity index (χ2n) is 4.22. The van der Waals surface area contributed by atoms with Crippen molar-refractivity contribution in [2.45, 2.75) is 0 Å². The van der Waals surface area contributed by atoms with Crippen LogP contribution in [0.25, 0.3) is 0 Å². The lowest BCUT2D eigenvalue weighted by atomic mass is 10.2. The van der Waals surface area contributed by atoms with Gasteiger partial charge in [0.05, 0.1) is 18.7 Å². The molecular weight excluding hydrogens is 214 g/mol. The molecule has 1 aliphatic rings. The molecule has 2 rings (SSSR count). The summed E-state index contributed by atoms with van der Waals surface area (Å²) < 4.78 is 2.24. The largest absolute Gasteiger partial charge is 0.507 e. The van der Waals surface area contributed by atoms with Crippen LogP contribution in [0, 0.1) is 0 Å². The van der Waals surface area contributed by atoms with Gasteiger partial charge in [0.25, 0.3) is 0 Å². The van der Waals surface area contributed by atoms with Crippen molar-refractivity contribution < 1.29 is 9.68 Å². The topological polar surface area (TPSA) is 47.3 Å². The number of rotatable bonds is 1. The van der Waals surface area contributed by atoms with Crippen LogP contribution in [0.1, 0.15) is 5.56 Å². The van der Waals surface area contributed by atoms with Gasteiger partial charge in [-0.2, -0.15) is 0 Å². The van der Waals surface area contributed by atoms with Crippen molar-refractivity contribution in [1.82, 2.24) is 10.6 Å². The lowest BCUT2D eigenvalue weighted by Gasteiger charge is -2.03. The van der Waals surface area contributed by atoms with Crippen LogP contribution in [0.15, 0.2) is 24.3 Å². The zero-order chi connectivity index (χ0) is 11.9. The molecule has 0 atom stereocenters. The lowest BCUT2D eigenvalue weighted by Crippen LogP contribution is -2.27. The zero-order valence-corrected chi connectivity index (χ0v) is 10.0. The number of aromatic hydroxyl groups is 1. The van der Waals surface area contributed by atoms with Crippen molar-refractivity contribution in [2.24, 2.45) is 0 Å². The van der Waals surface area contributed by atoms with Gasteiger partial charge in [0.15, 0.2) is 19.3 Å². The quantitative estimate of drug-likeness (QED) is 0.600. The molecule has 17 heavy (non-hydrogen) atoms. The smallest absolute Gasteiger partial charge is 0.174 e. The minimum atomic E-state index is 0.341. The molecule has 0 aromatic heterocycles. The van der Waals surface area contributed by atoms with Gasteiger partial charge >= 0.3 is 0 Å². The summed E-state index contributed by atoms with van der Waals surface area (Å²) >= 11 is 0. The minimum Gasteiger partial charge on any atom is -0.507 e. The van der Waals surface area contributed by atoms with Crippen LogP contribution < -0.4 is 10.6 Å². The van der Waals surface area contributed by atoms with Crippen molar-refractivity contribution in [3.63, 3.8) is 0 Å². The molecule has 92 valence electrons. The van der Waals surface area contributed by atoms with Gasteiger partial charge in [0, 0.05) is 13.1 Å². The number of para-hydroxylation sites is 1. The molecule has 1 saturated heterocycles. The maximum Gasteiger partial charge on any atom is 0.174 e. The number of hydrogen-bond donors (Lipinski definition) is 3. The third kappa shape index (κ3) is 3.84. The first-order valence-corrected chi connectivity index (χ1v) is 6.14. The summed E-state index contributed by atoms with van der Waals surface area (Å²) in [6, 6.07) is 7.44. The van der Waals surface area contributed by atoms with Crippen molar-refractivity contribution in [3.05, 3.63) is 29.8 Å². The van der Waals surface area contributed by atoms with E-state index in [-0.39, 0.29) is 0 Å². The van der Waals surface area contributed by atoms with Crippen molar-refractivity contribution >= 4 is 6.21 Å². The number of phenolic OH excluding ortho intramolecular Hbond substituents is 1. The highest BCUT2D eigenvalue weighted by Crippen LogP contribution is 2.12. The van der Waals surface area contributed by atoms with E-state index in [1.807, 2.05) is 24.4 Å². The first-order valence-electron chi connectivity index (χ1n) is 6.14. The van der Waals surface area contributed by atoms with Gasteiger partial charge in [-0.1, -0.05) is 12.1 Å². The molecule has 1 aromatic carbocycles. The highest BCUT2D eigenvalue weighted by atomic mass is 16.3. The number of nitrogens with zero attached hydrogens (tertiary/aromatic N) is 1. The summed E-state index contributed by atoms with van der Waals surface area (Å²) in [5.41, 5.74) is 0.881. The fraction of sp³-hybridized carbons (Fsp3) is 0.462. The number of hydrogen-bond acceptors (Lipinski definition) is 3. The number of nitrogens with one attached hydrogen (secondary N) is 2. The number of phenols is 1. The van der Waals surface area contributed by atoms with Gasteiger partial charge in [0.2, 0.25) is 0 Å². The Kier molecular flexibility index (Phi) is 4.53. The van der Waals surface area contributed by atoms with E-state index in [1.165, 1.54) is 0 Å². The predicted octanol–water partition coefficient (Wildman–Crippen LogP) is 0.0164. The normalized spacial score (nSPS) is 18.0. The summed E-state index contributed by atoms with van der Waals surface area (Å²) in [5, 5.41) is 16.5. The summed E-state index contributed by atoms with van der Waals surface area (Å²) in [5.74, 6) is 0.341. The van der Waals surface area contributed by atoms with Crippen LogP contribution in [-0.4, -0.2) is 55.2 Å². The van der Waals surface area contributed by atoms with Crippen LogP contribution in [0.5, 0.6) is 5.75 Å². The standard InChI is InChI=1S/C13H19N3O/c17-13-4-2-1-3-12(13)11-16-9-7-14-5-6-15-8-10-16/h1-4,11,14-15H,5-10H2/p+1. The van der Waals surface area contributed by atoms with Gasteiger partial charge in [-0.3, -0.25) is 0 Å². The lowest BCUT2D eigenvalue weighted by molar-refractivity contribution is -0.518. The zero-order valence-electron chi connectivity index (χ0n) is 10.0. The fourth-order valence-corrected chi connectivity index (χ4v) is 1.91. The predicted molar refractivity (Wildman–Crippen MR) is 69.0 cm³/mol. The molecule has 1 aliphatic heterocycles. The average molecular weight is 234 g/mol. The third-order valence-corrected chi connectivity index (χ3v) is 2.89. The van der Waals surface area contributed by atoms with Crippen LogP contribution in [0.2, 0.25) is 0 Å². The highest BCUT2D eigenvalue weighted by Gasteiger charge is 2.08. The molecule has 3 N–H and O–H groups in total. The fourth-order valence-electron chi connectivity index (χ4n) is 1.91. The summed E-state index contributed by atoms with van der Waals surface area (Å²) in [6.45, 7) is 5.93. The Bertz CT molecular complexity index is 378. The van der Waals surface area contributed by atoms with Crippen molar-refractivity contribution in [2.75, 3.05) is 39.3 Å². The highest BCUT2D eigenvalue weighted by molar-refractivity contribution is 5.79. The van der Waals surface area contributed by atoms with E-state index in [2.05, 4.69) is 15.2 Å². The molecule has 0 aliphatic carbocycles. The molecule has 4 heteroatoms. The number of benzene rings is 1. The van der Waals surface area contributed by atoms with E-state index in [0.717, 1.165) is 44.8 Å². The van der Waals surface area contributed by atoms with Gasteiger partial charge in [-0.15, -0.1) is 0 Å². The molecule has 0 bridgehead atoms. The van der Waals surface area contributed by atoms with Gasteiger partial charge < -0.3 is 15.7 Å². The molecule has 0 amide bonds. The molecule has 1 fully saturated rings. The molecule has 1 aromatic rings. The molecule has 0 unspecified atom stereocenters. The Morgan fingerprint density at radius 3 is 2.29 bits per heavy atom. The summed E-state index contributed by atoms with van der Waals surface area (Å²) in [7, 11) is 0. The van der Waals surface area contributed by atoms with Crippen LogP contribution in [0.4, 0.5) is 0 Å². The second-order valence-corrected chi connectivity index (χ2v) is 4.22. The Labute approximate surface area is 102 Å². The van der Waals surface area contributed by atoms with E-state index in [4.69, 9.17) is 0 Å². The third-order valence-electron chi connectivity index (χ3n) is 2.89. The van der Waals surface area contributed by atoms with Crippen LogP contribution in [-0.2, 0) is 0 Å². The first-order chi connectivity index (χ1) is 8.36. The van der Waals surface area contributed by atoms with Crippen molar-refractivity contribution in [1.29, 1.82) is 0 Å². The van der Waals surface area contributed by atoms with Crippen LogP contribution in [0.3, 0.4) is 0 Å². The molecular formula is C13H20N3O+. The SMILES string of the molecule is Oc1ccccc1C=[N+]1CCNCCNCC1.